The van der Waals surface area contributed by atoms with Gasteiger partial charge in [-0.05, 0) is 71.5 Å². The summed E-state index contributed by atoms with van der Waals surface area (Å²) >= 11 is 0. The van der Waals surface area contributed by atoms with E-state index in [9.17, 15) is 19.2 Å². The van der Waals surface area contributed by atoms with Gasteiger partial charge in [-0.1, -0.05) is 99.1 Å². The van der Waals surface area contributed by atoms with Crippen LogP contribution in [0.3, 0.4) is 0 Å². The summed E-state index contributed by atoms with van der Waals surface area (Å²) in [5.74, 6) is -1.54. The number of hydrogen-bond acceptors (Lipinski definition) is 10. The summed E-state index contributed by atoms with van der Waals surface area (Å²) in [5.41, 5.74) is 5.98. The maximum Gasteiger partial charge on any atom is 0.333 e. The van der Waals surface area contributed by atoms with E-state index in [0.29, 0.717) is 11.5 Å². The Morgan fingerprint density at radius 2 is 0.927 bits per heavy atom. The van der Waals surface area contributed by atoms with Gasteiger partial charge >= 0.3 is 23.9 Å². The van der Waals surface area contributed by atoms with Crippen LogP contribution in [0.25, 0.3) is 11.1 Å². The Morgan fingerprint density at radius 3 is 1.27 bits per heavy atom. The van der Waals surface area contributed by atoms with Gasteiger partial charge in [0.25, 0.3) is 0 Å². The van der Waals surface area contributed by atoms with Gasteiger partial charge in [-0.25, -0.2) is 19.2 Å². The minimum absolute atomic E-state index is 0.0784. The Morgan fingerprint density at radius 1 is 0.564 bits per heavy atom. The third-order valence-electron chi connectivity index (χ3n) is 8.80. The molecule has 2 unspecified atom stereocenters. The van der Waals surface area contributed by atoms with Crippen LogP contribution in [0.2, 0.25) is 0 Å². The third-order valence-corrected chi connectivity index (χ3v) is 8.80. The molecule has 0 saturated carbocycles. The Labute approximate surface area is 320 Å². The molecule has 55 heavy (non-hydrogen) atoms. The lowest BCUT2D eigenvalue weighted by molar-refractivity contribution is -0.155. The van der Waals surface area contributed by atoms with Crippen LogP contribution in [0.1, 0.15) is 36.1 Å². The van der Waals surface area contributed by atoms with Crippen molar-refractivity contribution < 1.29 is 47.6 Å². The topological polar surface area (TPSA) is 124 Å². The summed E-state index contributed by atoms with van der Waals surface area (Å²) in [6.45, 7) is 16.5. The molecule has 0 amide bonds. The number of esters is 4. The number of carbonyl (C=O) groups is 4. The second-order valence-electron chi connectivity index (χ2n) is 12.8. The van der Waals surface area contributed by atoms with Crippen LogP contribution in [0.15, 0.2) is 147 Å². The predicted molar refractivity (Wildman–Crippen MR) is 206 cm³/mol. The van der Waals surface area contributed by atoms with Crippen LogP contribution in [-0.2, 0) is 43.5 Å². The van der Waals surface area contributed by atoms with Crippen LogP contribution < -0.4 is 9.47 Å². The van der Waals surface area contributed by atoms with Crippen molar-refractivity contribution in [2.24, 2.45) is 0 Å². The van der Waals surface area contributed by atoms with Gasteiger partial charge in [-0.3, -0.25) is 0 Å². The molecule has 0 aromatic heterocycles. The first-order chi connectivity index (χ1) is 26.5. The number of benzene rings is 4. The SMILES string of the molecule is C=CC(=O)OCC(COc1ccc(C2(c3ccc(OCC(COC(=O)C=C)OC(=O)C(=C)C)cc3)c3ccccc3-c3ccccc32)cc1)OC(=O)C(=C)C. The second kappa shape index (κ2) is 17.9. The van der Waals surface area contributed by atoms with E-state index in [1.807, 2.05) is 72.8 Å². The molecule has 10 heteroatoms. The molecule has 0 fully saturated rings. The van der Waals surface area contributed by atoms with E-state index in [-0.39, 0.29) is 37.6 Å². The predicted octanol–water partition coefficient (Wildman–Crippen LogP) is 7.24. The first-order valence-corrected chi connectivity index (χ1v) is 17.4. The molecule has 4 aromatic carbocycles. The average molecular weight is 743 g/mol. The fraction of sp³-hybridized carbons (Fsp3) is 0.200. The highest BCUT2D eigenvalue weighted by atomic mass is 16.6. The fourth-order valence-electron chi connectivity index (χ4n) is 6.21. The monoisotopic (exact) mass is 742 g/mol. The van der Waals surface area contributed by atoms with Crippen molar-refractivity contribution >= 4 is 23.9 Å². The van der Waals surface area contributed by atoms with Gasteiger partial charge in [0.1, 0.15) is 37.9 Å². The Balaban J connectivity index is 1.45. The molecule has 5 rings (SSSR count). The summed E-state index contributed by atoms with van der Waals surface area (Å²) in [6.07, 6.45) is 0.284. The van der Waals surface area contributed by atoms with Gasteiger partial charge < -0.3 is 28.4 Å². The highest BCUT2D eigenvalue weighted by Crippen LogP contribution is 2.56. The molecule has 0 radical (unpaired) electrons. The van der Waals surface area contributed by atoms with Gasteiger partial charge in [0.15, 0.2) is 12.2 Å². The first kappa shape index (κ1) is 39.5. The third kappa shape index (κ3) is 9.10. The minimum atomic E-state index is -0.885. The van der Waals surface area contributed by atoms with E-state index in [0.717, 1.165) is 45.5 Å². The van der Waals surface area contributed by atoms with Gasteiger partial charge in [-0.15, -0.1) is 0 Å². The van der Waals surface area contributed by atoms with Gasteiger partial charge in [-0.2, -0.15) is 0 Å². The van der Waals surface area contributed by atoms with E-state index in [1.165, 1.54) is 13.8 Å². The van der Waals surface area contributed by atoms with Gasteiger partial charge in [0.2, 0.25) is 0 Å². The molecule has 2 atom stereocenters. The average Bonchev–Trinajstić information content (AvgIpc) is 3.50. The molecule has 0 N–H and O–H groups in total. The van der Waals surface area contributed by atoms with Crippen LogP contribution in [-0.4, -0.2) is 62.5 Å². The van der Waals surface area contributed by atoms with Crippen LogP contribution in [0, 0.1) is 0 Å². The molecule has 282 valence electrons. The lowest BCUT2D eigenvalue weighted by Crippen LogP contribution is -2.31. The van der Waals surface area contributed by atoms with Gasteiger partial charge in [0.05, 0.1) is 5.41 Å². The Kier molecular flexibility index (Phi) is 12.9. The van der Waals surface area contributed by atoms with E-state index < -0.39 is 41.5 Å². The zero-order valence-corrected chi connectivity index (χ0v) is 30.8. The molecule has 10 nitrogen and oxygen atoms in total. The van der Waals surface area contributed by atoms with Crippen molar-refractivity contribution in [1.82, 2.24) is 0 Å². The second-order valence-corrected chi connectivity index (χ2v) is 12.8. The quantitative estimate of drug-likeness (QED) is 0.0516. The lowest BCUT2D eigenvalue weighted by Gasteiger charge is -2.34. The molecule has 0 aliphatic heterocycles. The maximum atomic E-state index is 12.3. The van der Waals surface area contributed by atoms with Crippen molar-refractivity contribution in [1.29, 1.82) is 0 Å². The van der Waals surface area contributed by atoms with E-state index in [1.54, 1.807) is 0 Å². The first-order valence-electron chi connectivity index (χ1n) is 17.4. The highest BCUT2D eigenvalue weighted by Gasteiger charge is 2.45. The molecular weight excluding hydrogens is 700 g/mol. The van der Waals surface area contributed by atoms with Crippen molar-refractivity contribution in [3.63, 3.8) is 0 Å². The van der Waals surface area contributed by atoms with Crippen molar-refractivity contribution in [2.45, 2.75) is 31.5 Å². The zero-order valence-electron chi connectivity index (χ0n) is 30.8. The van der Waals surface area contributed by atoms with Crippen LogP contribution in [0.5, 0.6) is 11.5 Å². The normalized spacial score (nSPS) is 13.1. The smallest absolute Gasteiger partial charge is 0.333 e. The molecule has 4 aromatic rings. The van der Waals surface area contributed by atoms with Crippen LogP contribution in [0.4, 0.5) is 0 Å². The number of fused-ring (bicyclic) bond motifs is 3. The molecule has 0 spiro atoms. The molecule has 0 heterocycles. The zero-order chi connectivity index (χ0) is 39.5. The van der Waals surface area contributed by atoms with E-state index in [2.05, 4.69) is 50.6 Å². The lowest BCUT2D eigenvalue weighted by atomic mass is 9.68. The maximum absolute atomic E-state index is 12.3. The Bertz CT molecular complexity index is 1940. The van der Waals surface area contributed by atoms with Crippen molar-refractivity contribution in [2.75, 3.05) is 26.4 Å². The molecule has 1 aliphatic carbocycles. The van der Waals surface area contributed by atoms with E-state index >= 15 is 0 Å². The van der Waals surface area contributed by atoms with Gasteiger partial charge in [0, 0.05) is 23.3 Å². The van der Waals surface area contributed by atoms with Crippen molar-refractivity contribution in [3.8, 4) is 22.6 Å². The molecule has 0 saturated heterocycles. The van der Waals surface area contributed by atoms with E-state index in [4.69, 9.17) is 28.4 Å². The number of hydrogen-bond donors (Lipinski definition) is 0. The molecule has 0 bridgehead atoms. The number of ether oxygens (including phenoxy) is 6. The minimum Gasteiger partial charge on any atom is -0.490 e. The highest BCUT2D eigenvalue weighted by molar-refractivity contribution is 5.88. The number of carbonyl (C=O) groups excluding carboxylic acids is 4. The van der Waals surface area contributed by atoms with Crippen LogP contribution >= 0.6 is 0 Å². The summed E-state index contributed by atoms with van der Waals surface area (Å²) in [6, 6.07) is 31.9. The molecule has 1 aliphatic rings. The molecular formula is C45H42O10. The summed E-state index contributed by atoms with van der Waals surface area (Å²) in [7, 11) is 0. The van der Waals surface area contributed by atoms with Crippen molar-refractivity contribution in [3.05, 3.63) is 169 Å². The summed E-state index contributed by atoms with van der Waals surface area (Å²) in [5, 5.41) is 0. The number of rotatable bonds is 18. The summed E-state index contributed by atoms with van der Waals surface area (Å²) in [4.78, 5) is 47.9. The Hall–Kier alpha value is -6.68. The fourth-order valence-corrected chi connectivity index (χ4v) is 6.21. The summed E-state index contributed by atoms with van der Waals surface area (Å²) < 4.78 is 33.2. The largest absolute Gasteiger partial charge is 0.490 e. The standard InChI is InChI=1S/C45H42O10/c1-7-41(46)52-27-35(54-43(48)29(3)4)25-50-33-21-17-31(18-22-33)45(39-15-11-9-13-37(39)38-14-10-12-16-40(38)45)32-19-23-34(24-20-32)51-26-36(28-53-42(47)8-2)55-44(49)30(5)6/h7-24,35-36H,1-3,5,25-28H2,4,6H3.